The fourth-order valence-electron chi connectivity index (χ4n) is 1.79. The van der Waals surface area contributed by atoms with E-state index in [4.69, 9.17) is 0 Å². The number of anilines is 2. The van der Waals surface area contributed by atoms with Gasteiger partial charge >= 0.3 is 0 Å². The number of pyridine rings is 1. The van der Waals surface area contributed by atoms with E-state index in [1.54, 1.807) is 0 Å². The number of rotatable bonds is 4. The number of hydrogen-bond acceptors (Lipinski definition) is 3. The van der Waals surface area contributed by atoms with Gasteiger partial charge in [0.05, 0.1) is 0 Å². The molecular formula is C15H17N3O. The Balaban J connectivity index is 1.94. The van der Waals surface area contributed by atoms with Gasteiger partial charge < -0.3 is 10.6 Å². The quantitative estimate of drug-likeness (QED) is 0.883. The lowest BCUT2D eigenvalue weighted by Crippen LogP contribution is -2.05. The third-order valence-corrected chi connectivity index (χ3v) is 2.63. The maximum absolute atomic E-state index is 10.9. The predicted octanol–water partition coefficient (Wildman–Crippen LogP) is 2.96. The van der Waals surface area contributed by atoms with Crippen LogP contribution in [0.4, 0.5) is 11.4 Å². The number of hydrogen-bond donors (Lipinski definition) is 2. The second kappa shape index (κ2) is 6.00. The van der Waals surface area contributed by atoms with E-state index in [0.717, 1.165) is 29.0 Å². The van der Waals surface area contributed by atoms with E-state index < -0.39 is 0 Å². The lowest BCUT2D eigenvalue weighted by Gasteiger charge is -2.08. The average molecular weight is 255 g/mol. The maximum Gasteiger partial charge on any atom is 0.221 e. The zero-order valence-electron chi connectivity index (χ0n) is 11.1. The third-order valence-electron chi connectivity index (χ3n) is 2.63. The van der Waals surface area contributed by atoms with Gasteiger partial charge in [-0.15, -0.1) is 0 Å². The van der Waals surface area contributed by atoms with Gasteiger partial charge in [0, 0.05) is 37.2 Å². The largest absolute Gasteiger partial charge is 0.381 e. The number of nitrogens with zero attached hydrogens (tertiary/aromatic N) is 1. The molecule has 0 unspecified atom stereocenters. The van der Waals surface area contributed by atoms with Gasteiger partial charge in [-0.3, -0.25) is 9.78 Å². The summed E-state index contributed by atoms with van der Waals surface area (Å²) in [6.07, 6.45) is 3.69. The molecule has 2 rings (SSSR count). The zero-order chi connectivity index (χ0) is 13.7. The van der Waals surface area contributed by atoms with Crippen molar-refractivity contribution in [1.82, 2.24) is 4.98 Å². The average Bonchev–Trinajstić information content (AvgIpc) is 2.37. The van der Waals surface area contributed by atoms with Gasteiger partial charge in [-0.1, -0.05) is 6.07 Å². The molecular weight excluding hydrogens is 238 g/mol. The molecule has 0 spiro atoms. The lowest BCUT2D eigenvalue weighted by atomic mass is 10.2. The molecule has 2 aromatic rings. The van der Waals surface area contributed by atoms with Crippen molar-refractivity contribution in [2.24, 2.45) is 0 Å². The molecule has 1 amide bonds. The molecule has 1 aromatic carbocycles. The Morgan fingerprint density at radius 1 is 1.16 bits per heavy atom. The number of aryl methyl sites for hydroxylation is 1. The number of benzene rings is 1. The summed E-state index contributed by atoms with van der Waals surface area (Å²) in [6, 6.07) is 9.73. The first-order chi connectivity index (χ1) is 9.13. The van der Waals surface area contributed by atoms with Gasteiger partial charge in [0.1, 0.15) is 0 Å². The SMILES string of the molecule is CC(=O)Nc1ccc(NCc2cncc(C)c2)cc1. The topological polar surface area (TPSA) is 54.0 Å². The Morgan fingerprint density at radius 2 is 1.84 bits per heavy atom. The minimum absolute atomic E-state index is 0.0634. The number of nitrogens with one attached hydrogen (secondary N) is 2. The molecule has 0 fully saturated rings. The molecule has 1 heterocycles. The predicted molar refractivity (Wildman–Crippen MR) is 77.0 cm³/mol. The molecule has 1 aromatic heterocycles. The van der Waals surface area contributed by atoms with Crippen LogP contribution < -0.4 is 10.6 Å². The van der Waals surface area contributed by atoms with Gasteiger partial charge in [-0.05, 0) is 42.3 Å². The van der Waals surface area contributed by atoms with Crippen LogP contribution in [0.15, 0.2) is 42.7 Å². The maximum atomic E-state index is 10.9. The summed E-state index contributed by atoms with van der Waals surface area (Å²) in [5.41, 5.74) is 4.11. The van der Waals surface area contributed by atoms with Crippen LogP contribution in [0.5, 0.6) is 0 Å². The molecule has 4 nitrogen and oxygen atoms in total. The summed E-state index contributed by atoms with van der Waals surface area (Å²) in [7, 11) is 0. The van der Waals surface area contributed by atoms with Crippen molar-refractivity contribution in [3.63, 3.8) is 0 Å². The highest BCUT2D eigenvalue weighted by molar-refractivity contribution is 5.88. The first-order valence-electron chi connectivity index (χ1n) is 6.15. The Hall–Kier alpha value is -2.36. The van der Waals surface area contributed by atoms with Crippen LogP contribution in [0.25, 0.3) is 0 Å². The minimum Gasteiger partial charge on any atom is -0.381 e. The van der Waals surface area contributed by atoms with E-state index in [9.17, 15) is 4.79 Å². The van der Waals surface area contributed by atoms with Crippen LogP contribution in [0.1, 0.15) is 18.1 Å². The van der Waals surface area contributed by atoms with Crippen LogP contribution in [-0.4, -0.2) is 10.9 Å². The molecule has 4 heteroatoms. The Bertz CT molecular complexity index is 564. The second-order valence-corrected chi connectivity index (χ2v) is 4.48. The first kappa shape index (κ1) is 13.1. The fourth-order valence-corrected chi connectivity index (χ4v) is 1.79. The van der Waals surface area contributed by atoms with Crippen LogP contribution in [0.2, 0.25) is 0 Å². The van der Waals surface area contributed by atoms with Crippen LogP contribution >= 0.6 is 0 Å². The van der Waals surface area contributed by atoms with Gasteiger partial charge in [0.25, 0.3) is 0 Å². The smallest absolute Gasteiger partial charge is 0.221 e. The normalized spacial score (nSPS) is 10.0. The molecule has 0 aliphatic rings. The second-order valence-electron chi connectivity index (χ2n) is 4.48. The lowest BCUT2D eigenvalue weighted by molar-refractivity contribution is -0.114. The van der Waals surface area contributed by atoms with Crippen molar-refractivity contribution in [2.75, 3.05) is 10.6 Å². The van der Waals surface area contributed by atoms with Gasteiger partial charge in [-0.2, -0.15) is 0 Å². The van der Waals surface area contributed by atoms with Crippen molar-refractivity contribution >= 4 is 17.3 Å². The van der Waals surface area contributed by atoms with Crippen molar-refractivity contribution in [1.29, 1.82) is 0 Å². The fraction of sp³-hybridized carbons (Fsp3) is 0.200. The van der Waals surface area contributed by atoms with Crippen molar-refractivity contribution in [2.45, 2.75) is 20.4 Å². The zero-order valence-corrected chi connectivity index (χ0v) is 11.1. The van der Waals surface area contributed by atoms with Crippen LogP contribution in [-0.2, 0) is 11.3 Å². The molecule has 19 heavy (non-hydrogen) atoms. The number of carbonyl (C=O) groups excluding carboxylic acids is 1. The first-order valence-corrected chi connectivity index (χ1v) is 6.15. The Kier molecular flexibility index (Phi) is 4.13. The van der Waals surface area contributed by atoms with Crippen molar-refractivity contribution < 1.29 is 4.79 Å². The third kappa shape index (κ3) is 4.10. The van der Waals surface area contributed by atoms with E-state index in [1.807, 2.05) is 43.6 Å². The Morgan fingerprint density at radius 3 is 2.47 bits per heavy atom. The van der Waals surface area contributed by atoms with Crippen molar-refractivity contribution in [3.05, 3.63) is 53.9 Å². The standard InChI is InChI=1S/C15H17N3O/c1-11-7-13(9-16-8-11)10-17-14-3-5-15(6-4-14)18-12(2)19/h3-9,17H,10H2,1-2H3,(H,18,19). The van der Waals surface area contributed by atoms with E-state index in [0.29, 0.717) is 0 Å². The molecule has 0 radical (unpaired) electrons. The van der Waals surface area contributed by atoms with Gasteiger partial charge in [-0.25, -0.2) is 0 Å². The molecule has 0 atom stereocenters. The van der Waals surface area contributed by atoms with Crippen molar-refractivity contribution in [3.8, 4) is 0 Å². The summed E-state index contributed by atoms with van der Waals surface area (Å²) >= 11 is 0. The van der Waals surface area contributed by atoms with Crippen LogP contribution in [0, 0.1) is 6.92 Å². The minimum atomic E-state index is -0.0634. The summed E-state index contributed by atoms with van der Waals surface area (Å²) < 4.78 is 0. The summed E-state index contributed by atoms with van der Waals surface area (Å²) in [5.74, 6) is -0.0634. The van der Waals surface area contributed by atoms with E-state index in [2.05, 4.69) is 21.7 Å². The number of amides is 1. The number of carbonyl (C=O) groups is 1. The molecule has 0 saturated heterocycles. The number of aromatic nitrogens is 1. The summed E-state index contributed by atoms with van der Waals surface area (Å²) in [4.78, 5) is 15.1. The molecule has 0 bridgehead atoms. The van der Waals surface area contributed by atoms with E-state index in [-0.39, 0.29) is 5.91 Å². The summed E-state index contributed by atoms with van der Waals surface area (Å²) in [5, 5.41) is 6.05. The van der Waals surface area contributed by atoms with E-state index in [1.165, 1.54) is 6.92 Å². The van der Waals surface area contributed by atoms with E-state index >= 15 is 0 Å². The molecule has 0 aliphatic carbocycles. The molecule has 98 valence electrons. The van der Waals surface area contributed by atoms with Crippen LogP contribution in [0.3, 0.4) is 0 Å². The highest BCUT2D eigenvalue weighted by Crippen LogP contribution is 2.14. The highest BCUT2D eigenvalue weighted by Gasteiger charge is 1.97. The molecule has 0 saturated carbocycles. The highest BCUT2D eigenvalue weighted by atomic mass is 16.1. The van der Waals surface area contributed by atoms with Gasteiger partial charge in [0.15, 0.2) is 0 Å². The monoisotopic (exact) mass is 255 g/mol. The molecule has 0 aliphatic heterocycles. The molecule has 2 N–H and O–H groups in total. The van der Waals surface area contributed by atoms with Gasteiger partial charge in [0.2, 0.25) is 5.91 Å². The summed E-state index contributed by atoms with van der Waals surface area (Å²) in [6.45, 7) is 4.25. The Labute approximate surface area is 112 Å².